The summed E-state index contributed by atoms with van der Waals surface area (Å²) in [7, 11) is 0. The highest BCUT2D eigenvalue weighted by atomic mass is 35.5. The third-order valence-electron chi connectivity index (χ3n) is 5.94. The molecule has 0 atom stereocenters. The van der Waals surface area contributed by atoms with Crippen molar-refractivity contribution in [2.45, 2.75) is 50.9 Å². The second-order valence-electron chi connectivity index (χ2n) is 8.11. The van der Waals surface area contributed by atoms with E-state index in [-0.39, 0.29) is 11.2 Å². The maximum Gasteiger partial charge on any atom is 0.138 e. The molecular formula is C25H25ClN2O. The summed E-state index contributed by atoms with van der Waals surface area (Å²) in [5.74, 6) is 0.265. The summed E-state index contributed by atoms with van der Waals surface area (Å²) < 4.78 is 0. The summed E-state index contributed by atoms with van der Waals surface area (Å²) in [5, 5.41) is 0.503. The zero-order chi connectivity index (χ0) is 20.3. The van der Waals surface area contributed by atoms with E-state index in [1.165, 1.54) is 0 Å². The van der Waals surface area contributed by atoms with Crippen LogP contribution in [0.15, 0.2) is 60.8 Å². The molecule has 4 heteroatoms. The second-order valence-corrected chi connectivity index (χ2v) is 8.50. The normalized spacial score (nSPS) is 15.4. The number of pyridine rings is 2. The molecule has 2 heterocycles. The van der Waals surface area contributed by atoms with Crippen LogP contribution in [-0.4, -0.2) is 15.8 Å². The van der Waals surface area contributed by atoms with E-state index in [0.717, 1.165) is 53.8 Å². The highest BCUT2D eigenvalue weighted by Crippen LogP contribution is 2.43. The first-order chi connectivity index (χ1) is 14.0. The molecular weight excluding hydrogens is 380 g/mol. The quantitative estimate of drug-likeness (QED) is 0.465. The lowest BCUT2D eigenvalue weighted by molar-refractivity contribution is -0.119. The first-order valence-electron chi connectivity index (χ1n) is 10.2. The maximum atomic E-state index is 13.0. The van der Waals surface area contributed by atoms with Gasteiger partial charge in [-0.25, -0.2) is 4.98 Å². The van der Waals surface area contributed by atoms with E-state index in [1.54, 1.807) is 6.07 Å². The number of carbonyl (C=O) groups excluding carboxylic acids is 1. The molecule has 2 aromatic heterocycles. The average Bonchev–Trinajstić information content (AvgIpc) is 3.18. The summed E-state index contributed by atoms with van der Waals surface area (Å²) >= 11 is 6.13. The summed E-state index contributed by atoms with van der Waals surface area (Å²) in [5.41, 5.74) is 5.15. The predicted octanol–water partition coefficient (Wildman–Crippen LogP) is 6.12. The zero-order valence-electron chi connectivity index (χ0n) is 16.7. The standard InChI is InChI=1S/C25H25ClN2O/c1-18-15-21(11-14-27-18)20-9-7-19(8-10-20)16-22(29)17-25(12-2-3-13-25)23-5-4-6-24(26)28-23/h4-11,14-15H,2-3,12-13,16-17H2,1H3. The molecule has 4 rings (SSSR count). The Morgan fingerprint density at radius 2 is 1.79 bits per heavy atom. The molecule has 1 aromatic carbocycles. The first kappa shape index (κ1) is 19.8. The maximum absolute atomic E-state index is 13.0. The van der Waals surface area contributed by atoms with E-state index in [0.29, 0.717) is 18.0 Å². The Hall–Kier alpha value is -2.52. The Kier molecular flexibility index (Phi) is 5.77. The monoisotopic (exact) mass is 404 g/mol. The van der Waals surface area contributed by atoms with Gasteiger partial charge in [0.15, 0.2) is 0 Å². The number of aromatic nitrogens is 2. The number of hydrogen-bond acceptors (Lipinski definition) is 3. The number of ketones is 1. The Morgan fingerprint density at radius 3 is 2.48 bits per heavy atom. The molecule has 0 unspecified atom stereocenters. The molecule has 3 aromatic rings. The van der Waals surface area contributed by atoms with Gasteiger partial charge < -0.3 is 0 Å². The fraction of sp³-hybridized carbons (Fsp3) is 0.320. The smallest absolute Gasteiger partial charge is 0.138 e. The van der Waals surface area contributed by atoms with E-state index in [9.17, 15) is 4.79 Å². The van der Waals surface area contributed by atoms with Crippen LogP contribution in [0.25, 0.3) is 11.1 Å². The summed E-state index contributed by atoms with van der Waals surface area (Å²) in [4.78, 5) is 21.8. The van der Waals surface area contributed by atoms with Gasteiger partial charge >= 0.3 is 0 Å². The Morgan fingerprint density at radius 1 is 1.03 bits per heavy atom. The van der Waals surface area contributed by atoms with Gasteiger partial charge in [-0.05, 0) is 60.7 Å². The van der Waals surface area contributed by atoms with E-state index in [2.05, 4.69) is 40.3 Å². The molecule has 148 valence electrons. The van der Waals surface area contributed by atoms with Gasteiger partial charge in [0, 0.05) is 35.8 Å². The Balaban J connectivity index is 1.47. The molecule has 0 bridgehead atoms. The third-order valence-corrected chi connectivity index (χ3v) is 6.15. The lowest BCUT2D eigenvalue weighted by atomic mass is 9.77. The van der Waals surface area contributed by atoms with Crippen molar-refractivity contribution in [2.24, 2.45) is 0 Å². The second kappa shape index (κ2) is 8.46. The van der Waals surface area contributed by atoms with Crippen molar-refractivity contribution in [1.29, 1.82) is 0 Å². The number of hydrogen-bond donors (Lipinski definition) is 0. The fourth-order valence-electron chi connectivity index (χ4n) is 4.49. The van der Waals surface area contributed by atoms with Gasteiger partial charge in [-0.2, -0.15) is 0 Å². The van der Waals surface area contributed by atoms with Gasteiger partial charge in [0.05, 0.1) is 0 Å². The van der Waals surface area contributed by atoms with Crippen molar-refractivity contribution in [3.63, 3.8) is 0 Å². The van der Waals surface area contributed by atoms with Crippen LogP contribution in [0.1, 0.15) is 49.1 Å². The van der Waals surface area contributed by atoms with Crippen LogP contribution in [0.3, 0.4) is 0 Å². The lowest BCUT2D eigenvalue weighted by Crippen LogP contribution is -2.28. The van der Waals surface area contributed by atoms with Crippen molar-refractivity contribution < 1.29 is 4.79 Å². The molecule has 0 radical (unpaired) electrons. The van der Waals surface area contributed by atoms with Crippen LogP contribution < -0.4 is 0 Å². The van der Waals surface area contributed by atoms with Crippen LogP contribution in [-0.2, 0) is 16.6 Å². The summed E-state index contributed by atoms with van der Waals surface area (Å²) in [6, 6.07) is 18.1. The number of benzene rings is 1. The molecule has 0 saturated heterocycles. The van der Waals surface area contributed by atoms with Gasteiger partial charge in [0.2, 0.25) is 0 Å². The molecule has 1 saturated carbocycles. The molecule has 29 heavy (non-hydrogen) atoms. The minimum Gasteiger partial charge on any atom is -0.299 e. The number of nitrogens with zero attached hydrogens (tertiary/aromatic N) is 2. The van der Waals surface area contributed by atoms with Crippen molar-refractivity contribution in [2.75, 3.05) is 0 Å². The van der Waals surface area contributed by atoms with Crippen molar-refractivity contribution in [3.05, 3.63) is 82.9 Å². The highest BCUT2D eigenvalue weighted by molar-refractivity contribution is 6.29. The molecule has 1 fully saturated rings. The van der Waals surface area contributed by atoms with E-state index in [4.69, 9.17) is 11.6 Å². The minimum absolute atomic E-state index is 0.156. The number of halogens is 1. The van der Waals surface area contributed by atoms with Crippen LogP contribution in [0.5, 0.6) is 0 Å². The Labute approximate surface area is 177 Å². The van der Waals surface area contributed by atoms with Crippen LogP contribution >= 0.6 is 11.6 Å². The molecule has 3 nitrogen and oxygen atoms in total. The van der Waals surface area contributed by atoms with Gasteiger partial charge in [-0.15, -0.1) is 0 Å². The van der Waals surface area contributed by atoms with Crippen LogP contribution in [0.4, 0.5) is 0 Å². The number of aryl methyl sites for hydroxylation is 1. The molecule has 1 aliphatic carbocycles. The van der Waals surface area contributed by atoms with Crippen LogP contribution in [0, 0.1) is 6.92 Å². The van der Waals surface area contributed by atoms with E-state index >= 15 is 0 Å². The molecule has 0 N–H and O–H groups in total. The van der Waals surface area contributed by atoms with Gasteiger partial charge in [-0.3, -0.25) is 9.78 Å². The molecule has 0 spiro atoms. The predicted molar refractivity (Wildman–Crippen MR) is 117 cm³/mol. The topological polar surface area (TPSA) is 42.9 Å². The van der Waals surface area contributed by atoms with Crippen LogP contribution in [0.2, 0.25) is 5.15 Å². The van der Waals surface area contributed by atoms with E-state index < -0.39 is 0 Å². The average molecular weight is 405 g/mol. The number of rotatable bonds is 6. The van der Waals surface area contributed by atoms with Gasteiger partial charge in [0.25, 0.3) is 0 Å². The lowest BCUT2D eigenvalue weighted by Gasteiger charge is -2.28. The van der Waals surface area contributed by atoms with E-state index in [1.807, 2.05) is 31.3 Å². The largest absolute Gasteiger partial charge is 0.299 e. The van der Waals surface area contributed by atoms with Crippen molar-refractivity contribution in [3.8, 4) is 11.1 Å². The number of carbonyl (C=O) groups is 1. The number of Topliss-reactive ketones (excluding diaryl/α,β-unsaturated/α-hetero) is 1. The van der Waals surface area contributed by atoms with Gasteiger partial charge in [-0.1, -0.05) is 54.8 Å². The summed E-state index contributed by atoms with van der Waals surface area (Å²) in [6.45, 7) is 1.99. The Bertz CT molecular complexity index is 1010. The third kappa shape index (κ3) is 4.56. The first-order valence-corrected chi connectivity index (χ1v) is 10.6. The van der Waals surface area contributed by atoms with Crippen molar-refractivity contribution in [1.82, 2.24) is 9.97 Å². The van der Waals surface area contributed by atoms with Gasteiger partial charge in [0.1, 0.15) is 10.9 Å². The molecule has 1 aliphatic rings. The highest BCUT2D eigenvalue weighted by Gasteiger charge is 2.38. The zero-order valence-corrected chi connectivity index (χ0v) is 17.5. The SMILES string of the molecule is Cc1cc(-c2ccc(CC(=O)CC3(c4cccc(Cl)n4)CCCC3)cc2)ccn1. The molecule has 0 aliphatic heterocycles. The van der Waals surface area contributed by atoms with Crippen molar-refractivity contribution >= 4 is 17.4 Å². The summed E-state index contributed by atoms with van der Waals surface area (Å²) in [6.07, 6.45) is 7.11. The molecule has 0 amide bonds. The minimum atomic E-state index is -0.156. The fourth-order valence-corrected chi connectivity index (χ4v) is 4.65.